The van der Waals surface area contributed by atoms with Crippen LogP contribution in [-0.2, 0) is 13.0 Å². The van der Waals surface area contributed by atoms with Crippen molar-refractivity contribution in [1.82, 2.24) is 14.8 Å². The maximum Gasteiger partial charge on any atom is 0.336 e. The molecule has 3 aromatic rings. The maximum absolute atomic E-state index is 11.6. The predicted octanol–water partition coefficient (Wildman–Crippen LogP) is 6.63. The summed E-state index contributed by atoms with van der Waals surface area (Å²) in [5, 5.41) is 14.3. The summed E-state index contributed by atoms with van der Waals surface area (Å²) in [5.41, 5.74) is 3.06. The third kappa shape index (κ3) is 5.98. The van der Waals surface area contributed by atoms with E-state index in [1.807, 2.05) is 41.1 Å². The number of carbonyl (C=O) groups is 1. The Labute approximate surface area is 196 Å². The molecule has 172 valence electrons. The van der Waals surface area contributed by atoms with Crippen LogP contribution in [0.2, 0.25) is 0 Å². The average Bonchev–Trinajstić information content (AvgIpc) is 3.24. The van der Waals surface area contributed by atoms with E-state index in [2.05, 4.69) is 19.1 Å². The lowest BCUT2D eigenvalue weighted by atomic mass is 9.86. The van der Waals surface area contributed by atoms with Crippen LogP contribution in [0.3, 0.4) is 0 Å². The summed E-state index contributed by atoms with van der Waals surface area (Å²) >= 11 is 0. The number of carboxylic acids is 1. The molecule has 0 radical (unpaired) electrons. The number of aromatic nitrogens is 3. The van der Waals surface area contributed by atoms with Gasteiger partial charge in [-0.1, -0.05) is 87.6 Å². The van der Waals surface area contributed by atoms with Gasteiger partial charge in [-0.2, -0.15) is 5.10 Å². The molecule has 1 fully saturated rings. The molecule has 0 saturated heterocycles. The second kappa shape index (κ2) is 11.1. The van der Waals surface area contributed by atoms with Gasteiger partial charge < -0.3 is 5.11 Å². The zero-order valence-corrected chi connectivity index (χ0v) is 19.4. The van der Waals surface area contributed by atoms with Gasteiger partial charge in [0.25, 0.3) is 0 Å². The van der Waals surface area contributed by atoms with E-state index >= 15 is 0 Å². The molecule has 0 atom stereocenters. The number of hydrogen-bond acceptors (Lipinski definition) is 3. The highest BCUT2D eigenvalue weighted by Crippen LogP contribution is 2.27. The quantitative estimate of drug-likeness (QED) is 0.403. The summed E-state index contributed by atoms with van der Waals surface area (Å²) in [6.45, 7) is 2.76. The van der Waals surface area contributed by atoms with Gasteiger partial charge in [0.15, 0.2) is 11.6 Å². The van der Waals surface area contributed by atoms with E-state index in [9.17, 15) is 9.90 Å². The highest BCUT2D eigenvalue weighted by molar-refractivity contribution is 5.95. The number of rotatable bonds is 9. The third-order valence-electron chi connectivity index (χ3n) is 6.50. The Morgan fingerprint density at radius 1 is 1.09 bits per heavy atom. The number of hydrogen-bond donors (Lipinski definition) is 1. The first-order valence-electron chi connectivity index (χ1n) is 12.2. The normalized spacial score (nSPS) is 14.7. The van der Waals surface area contributed by atoms with Crippen LogP contribution in [-0.4, -0.2) is 25.8 Å². The monoisotopic (exact) mass is 443 g/mol. The van der Waals surface area contributed by atoms with Crippen molar-refractivity contribution in [3.05, 3.63) is 77.4 Å². The second-order valence-electron chi connectivity index (χ2n) is 8.94. The molecule has 0 unspecified atom stereocenters. The maximum atomic E-state index is 11.6. The molecule has 0 amide bonds. The van der Waals surface area contributed by atoms with Crippen molar-refractivity contribution in [2.75, 3.05) is 0 Å². The Kier molecular flexibility index (Phi) is 7.71. The highest BCUT2D eigenvalue weighted by atomic mass is 16.4. The number of allylic oxidation sites excluding steroid dienone is 1. The van der Waals surface area contributed by atoms with Crippen molar-refractivity contribution in [3.8, 4) is 11.1 Å². The van der Waals surface area contributed by atoms with Crippen molar-refractivity contribution >= 4 is 12.0 Å². The van der Waals surface area contributed by atoms with Crippen molar-refractivity contribution in [3.63, 3.8) is 0 Å². The van der Waals surface area contributed by atoms with E-state index in [0.717, 1.165) is 47.1 Å². The summed E-state index contributed by atoms with van der Waals surface area (Å²) in [4.78, 5) is 16.4. The number of carboxylic acid groups (broad SMARTS) is 1. The largest absolute Gasteiger partial charge is 0.478 e. The fourth-order valence-electron chi connectivity index (χ4n) is 4.66. The van der Waals surface area contributed by atoms with E-state index < -0.39 is 5.97 Å². The number of benzene rings is 2. The minimum absolute atomic E-state index is 0.316. The summed E-state index contributed by atoms with van der Waals surface area (Å²) in [7, 11) is 0. The molecule has 1 aliphatic carbocycles. The highest BCUT2D eigenvalue weighted by Gasteiger charge is 2.16. The minimum atomic E-state index is -0.912. The minimum Gasteiger partial charge on any atom is -0.478 e. The fourth-order valence-corrected chi connectivity index (χ4v) is 4.66. The van der Waals surface area contributed by atoms with Crippen molar-refractivity contribution < 1.29 is 9.90 Å². The molecule has 2 aromatic carbocycles. The SMILES string of the molecule is CCC=Cc1nc(CCC2CCCCC2)nn1Cc1ccc(-c2ccccc2C(=O)O)cc1. The predicted molar refractivity (Wildman–Crippen MR) is 132 cm³/mol. The second-order valence-corrected chi connectivity index (χ2v) is 8.94. The fraction of sp³-hybridized carbons (Fsp3) is 0.393. The first kappa shape index (κ1) is 23.0. The Bertz CT molecular complexity index is 1090. The smallest absolute Gasteiger partial charge is 0.336 e. The molecule has 0 aliphatic heterocycles. The van der Waals surface area contributed by atoms with Crippen LogP contribution in [0, 0.1) is 5.92 Å². The molecule has 1 heterocycles. The summed E-state index contributed by atoms with van der Waals surface area (Å²) < 4.78 is 1.99. The van der Waals surface area contributed by atoms with Gasteiger partial charge in [-0.15, -0.1) is 0 Å². The van der Waals surface area contributed by atoms with Gasteiger partial charge in [0, 0.05) is 6.42 Å². The van der Waals surface area contributed by atoms with Crippen LogP contribution in [0.4, 0.5) is 0 Å². The summed E-state index contributed by atoms with van der Waals surface area (Å²) in [6, 6.07) is 15.2. The summed E-state index contributed by atoms with van der Waals surface area (Å²) in [6.07, 6.45) is 14.1. The first-order chi connectivity index (χ1) is 16.1. The molecule has 1 aliphatic rings. The molecule has 33 heavy (non-hydrogen) atoms. The van der Waals surface area contributed by atoms with E-state index in [-0.39, 0.29) is 0 Å². The molecule has 4 rings (SSSR count). The molecule has 5 nitrogen and oxygen atoms in total. The van der Waals surface area contributed by atoms with E-state index in [1.54, 1.807) is 12.1 Å². The average molecular weight is 444 g/mol. The molecule has 1 N–H and O–H groups in total. The van der Waals surface area contributed by atoms with Crippen LogP contribution in [0.25, 0.3) is 17.2 Å². The lowest BCUT2D eigenvalue weighted by Gasteiger charge is -2.20. The van der Waals surface area contributed by atoms with Crippen molar-refractivity contribution in [1.29, 1.82) is 0 Å². The van der Waals surface area contributed by atoms with Gasteiger partial charge >= 0.3 is 5.97 Å². The van der Waals surface area contributed by atoms with Gasteiger partial charge in [0.1, 0.15) is 0 Å². The first-order valence-corrected chi connectivity index (χ1v) is 12.2. The van der Waals surface area contributed by atoms with Gasteiger partial charge in [-0.25, -0.2) is 14.5 Å². The summed E-state index contributed by atoms with van der Waals surface area (Å²) in [5.74, 6) is 1.74. The van der Waals surface area contributed by atoms with Crippen molar-refractivity contribution in [2.45, 2.75) is 64.8 Å². The number of aryl methyl sites for hydroxylation is 1. The number of aromatic carboxylic acids is 1. The van der Waals surface area contributed by atoms with Gasteiger partial charge in [-0.05, 0) is 47.6 Å². The molecular formula is C28H33N3O2. The third-order valence-corrected chi connectivity index (χ3v) is 6.50. The molecule has 0 spiro atoms. The van der Waals surface area contributed by atoms with Crippen molar-refractivity contribution in [2.24, 2.45) is 5.92 Å². The standard InChI is InChI=1S/C28H33N3O2/c1-2-3-13-27-29-26(19-16-21-9-5-4-6-10-21)30-31(27)20-22-14-17-23(18-15-22)24-11-7-8-12-25(24)28(32)33/h3,7-8,11-15,17-18,21H,2,4-6,9-10,16,19-20H2,1H3,(H,32,33). The lowest BCUT2D eigenvalue weighted by Crippen LogP contribution is -2.08. The van der Waals surface area contributed by atoms with Gasteiger partial charge in [0.2, 0.25) is 0 Å². The molecular weight excluding hydrogens is 410 g/mol. The van der Waals surface area contributed by atoms with Crippen LogP contribution < -0.4 is 0 Å². The van der Waals surface area contributed by atoms with Gasteiger partial charge in [-0.3, -0.25) is 0 Å². The molecule has 1 aromatic heterocycles. The van der Waals surface area contributed by atoms with E-state index in [0.29, 0.717) is 12.1 Å². The zero-order valence-electron chi connectivity index (χ0n) is 19.4. The van der Waals surface area contributed by atoms with Gasteiger partial charge in [0.05, 0.1) is 12.1 Å². The van der Waals surface area contributed by atoms with E-state index in [4.69, 9.17) is 10.1 Å². The van der Waals surface area contributed by atoms with Crippen LogP contribution in [0.5, 0.6) is 0 Å². The molecule has 1 saturated carbocycles. The van der Waals surface area contributed by atoms with E-state index in [1.165, 1.54) is 38.5 Å². The Hall–Kier alpha value is -3.21. The Morgan fingerprint density at radius 3 is 2.58 bits per heavy atom. The number of nitrogens with zero attached hydrogens (tertiary/aromatic N) is 3. The Balaban J connectivity index is 1.49. The zero-order chi connectivity index (χ0) is 23.0. The van der Waals surface area contributed by atoms with Crippen LogP contribution in [0.15, 0.2) is 54.6 Å². The Morgan fingerprint density at radius 2 is 1.85 bits per heavy atom. The molecule has 5 heteroatoms. The molecule has 0 bridgehead atoms. The van der Waals surface area contributed by atoms with Crippen LogP contribution in [0.1, 0.15) is 79.4 Å². The topological polar surface area (TPSA) is 68.0 Å². The lowest BCUT2D eigenvalue weighted by molar-refractivity contribution is 0.0697. The van der Waals surface area contributed by atoms with Crippen LogP contribution >= 0.6 is 0 Å².